The third kappa shape index (κ3) is 2.22. The molecular formula is C9H10BrN3OS. The molecular weight excluding hydrogens is 278 g/mol. The molecule has 0 spiro atoms. The fraction of sp³-hybridized carbons (Fsp3) is 0.222. The number of nitrogens with one attached hydrogen (secondary N) is 1. The number of phenols is 1. The highest BCUT2D eigenvalue weighted by atomic mass is 79.9. The number of nitrogens with two attached hydrogens (primary N) is 1. The van der Waals surface area contributed by atoms with Gasteiger partial charge in [-0.05, 0) is 12.1 Å². The van der Waals surface area contributed by atoms with Crippen molar-refractivity contribution in [3.63, 3.8) is 0 Å². The average molecular weight is 288 g/mol. The zero-order valence-electron chi connectivity index (χ0n) is 7.83. The summed E-state index contributed by atoms with van der Waals surface area (Å²) < 4.78 is 1.79. The lowest BCUT2D eigenvalue weighted by Crippen LogP contribution is -2.12. The second-order valence-electron chi connectivity index (χ2n) is 3.01. The molecule has 0 amide bonds. The van der Waals surface area contributed by atoms with Crippen molar-refractivity contribution in [1.82, 2.24) is 4.98 Å². The van der Waals surface area contributed by atoms with Crippen molar-refractivity contribution in [2.75, 3.05) is 18.4 Å². The van der Waals surface area contributed by atoms with E-state index >= 15 is 0 Å². The van der Waals surface area contributed by atoms with E-state index in [9.17, 15) is 5.11 Å². The van der Waals surface area contributed by atoms with Crippen LogP contribution in [0.3, 0.4) is 0 Å². The Hall–Kier alpha value is -0.850. The molecule has 0 aliphatic rings. The maximum absolute atomic E-state index is 9.65. The van der Waals surface area contributed by atoms with Gasteiger partial charge in [-0.2, -0.15) is 0 Å². The molecule has 2 rings (SSSR count). The molecule has 1 heterocycles. The predicted octanol–water partition coefficient (Wildman–Crippen LogP) is 2.13. The number of hydrogen-bond acceptors (Lipinski definition) is 5. The zero-order valence-corrected chi connectivity index (χ0v) is 10.2. The van der Waals surface area contributed by atoms with E-state index in [0.717, 1.165) is 14.3 Å². The number of benzene rings is 1. The van der Waals surface area contributed by atoms with E-state index < -0.39 is 0 Å². The van der Waals surface area contributed by atoms with Crippen LogP contribution in [0.15, 0.2) is 16.6 Å². The molecule has 80 valence electrons. The van der Waals surface area contributed by atoms with Gasteiger partial charge in [-0.15, -0.1) is 0 Å². The summed E-state index contributed by atoms with van der Waals surface area (Å²) in [6, 6.07) is 3.56. The maximum Gasteiger partial charge on any atom is 0.183 e. The third-order valence-corrected chi connectivity index (χ3v) is 3.28. The maximum atomic E-state index is 9.65. The van der Waals surface area contributed by atoms with Crippen LogP contribution >= 0.6 is 27.3 Å². The van der Waals surface area contributed by atoms with Crippen molar-refractivity contribution in [2.24, 2.45) is 5.73 Å². The minimum Gasteiger partial charge on any atom is -0.506 e. The van der Waals surface area contributed by atoms with Crippen LogP contribution in [0.2, 0.25) is 0 Å². The quantitative estimate of drug-likeness (QED) is 0.809. The number of fused-ring (bicyclic) bond motifs is 1. The van der Waals surface area contributed by atoms with E-state index in [1.165, 1.54) is 11.3 Å². The van der Waals surface area contributed by atoms with E-state index in [4.69, 9.17) is 5.73 Å². The molecule has 0 aliphatic heterocycles. The van der Waals surface area contributed by atoms with E-state index in [1.807, 2.05) is 6.07 Å². The molecule has 0 unspecified atom stereocenters. The Kier molecular flexibility index (Phi) is 3.08. The van der Waals surface area contributed by atoms with Crippen LogP contribution in [-0.4, -0.2) is 23.2 Å². The number of hydrogen-bond donors (Lipinski definition) is 3. The Morgan fingerprint density at radius 1 is 1.53 bits per heavy atom. The van der Waals surface area contributed by atoms with Gasteiger partial charge in [0.1, 0.15) is 11.3 Å². The number of phenolic OH excluding ortho intramolecular Hbond substituents is 1. The smallest absolute Gasteiger partial charge is 0.183 e. The largest absolute Gasteiger partial charge is 0.506 e. The van der Waals surface area contributed by atoms with E-state index in [1.54, 1.807) is 6.07 Å². The van der Waals surface area contributed by atoms with Crippen LogP contribution in [-0.2, 0) is 0 Å². The fourth-order valence-corrected chi connectivity index (χ4v) is 2.78. The summed E-state index contributed by atoms with van der Waals surface area (Å²) in [7, 11) is 0. The number of rotatable bonds is 3. The third-order valence-electron chi connectivity index (χ3n) is 1.86. The van der Waals surface area contributed by atoms with Gasteiger partial charge >= 0.3 is 0 Å². The van der Waals surface area contributed by atoms with Crippen molar-refractivity contribution in [3.8, 4) is 5.75 Å². The molecule has 0 saturated carbocycles. The Balaban J connectivity index is 2.41. The van der Waals surface area contributed by atoms with Crippen LogP contribution in [0.4, 0.5) is 5.13 Å². The van der Waals surface area contributed by atoms with E-state index in [2.05, 4.69) is 26.2 Å². The van der Waals surface area contributed by atoms with E-state index in [0.29, 0.717) is 18.6 Å². The lowest BCUT2D eigenvalue weighted by molar-refractivity contribution is 0.480. The molecule has 4 nitrogen and oxygen atoms in total. The topological polar surface area (TPSA) is 71.2 Å². The molecule has 6 heteroatoms. The molecule has 1 aromatic carbocycles. The van der Waals surface area contributed by atoms with Crippen molar-refractivity contribution in [3.05, 3.63) is 16.6 Å². The number of aromatic nitrogens is 1. The molecule has 0 radical (unpaired) electrons. The van der Waals surface area contributed by atoms with Gasteiger partial charge < -0.3 is 16.2 Å². The Morgan fingerprint density at radius 2 is 2.33 bits per heavy atom. The highest BCUT2D eigenvalue weighted by molar-refractivity contribution is 9.10. The summed E-state index contributed by atoms with van der Waals surface area (Å²) in [5, 5.41) is 13.5. The Morgan fingerprint density at radius 3 is 3.07 bits per heavy atom. The molecule has 2 aromatic rings. The molecule has 15 heavy (non-hydrogen) atoms. The van der Waals surface area contributed by atoms with Gasteiger partial charge in [0.2, 0.25) is 0 Å². The summed E-state index contributed by atoms with van der Waals surface area (Å²) in [4.78, 5) is 4.27. The second-order valence-corrected chi connectivity index (χ2v) is 4.95. The van der Waals surface area contributed by atoms with Crippen molar-refractivity contribution in [2.45, 2.75) is 0 Å². The molecule has 4 N–H and O–H groups in total. The number of aromatic hydroxyl groups is 1. The molecule has 0 bridgehead atoms. The lowest BCUT2D eigenvalue weighted by atomic mass is 10.3. The van der Waals surface area contributed by atoms with Gasteiger partial charge in [-0.3, -0.25) is 0 Å². The first kappa shape index (κ1) is 10.7. The SMILES string of the molecule is NCCNc1nc2c(O)cc(Br)cc2s1. The summed E-state index contributed by atoms with van der Waals surface area (Å²) in [6.45, 7) is 1.24. The second kappa shape index (κ2) is 4.34. The lowest BCUT2D eigenvalue weighted by Gasteiger charge is -1.96. The van der Waals surface area contributed by atoms with Gasteiger partial charge in [-0.1, -0.05) is 27.3 Å². The highest BCUT2D eigenvalue weighted by Gasteiger charge is 2.08. The monoisotopic (exact) mass is 287 g/mol. The van der Waals surface area contributed by atoms with Gasteiger partial charge in [0.15, 0.2) is 5.13 Å². The van der Waals surface area contributed by atoms with Crippen molar-refractivity contribution < 1.29 is 5.11 Å². The summed E-state index contributed by atoms with van der Waals surface area (Å²) in [5.41, 5.74) is 6.01. The number of thiazole rings is 1. The van der Waals surface area contributed by atoms with Gasteiger partial charge in [-0.25, -0.2) is 4.98 Å². The summed E-state index contributed by atoms with van der Waals surface area (Å²) in [6.07, 6.45) is 0. The molecule has 0 saturated heterocycles. The van der Waals surface area contributed by atoms with Crippen LogP contribution in [0.5, 0.6) is 5.75 Å². The van der Waals surface area contributed by atoms with Crippen LogP contribution in [0, 0.1) is 0 Å². The van der Waals surface area contributed by atoms with Crippen LogP contribution in [0.25, 0.3) is 10.2 Å². The molecule has 0 aliphatic carbocycles. The Labute approximate surface area is 99.3 Å². The predicted molar refractivity (Wildman–Crippen MR) is 66.5 cm³/mol. The fourth-order valence-electron chi connectivity index (χ4n) is 1.23. The first-order chi connectivity index (χ1) is 7.20. The molecule has 0 atom stereocenters. The molecule has 0 fully saturated rings. The summed E-state index contributed by atoms with van der Waals surface area (Å²) in [5.74, 6) is 0.191. The highest BCUT2D eigenvalue weighted by Crippen LogP contribution is 2.34. The number of nitrogens with zero attached hydrogens (tertiary/aromatic N) is 1. The normalized spacial score (nSPS) is 10.8. The van der Waals surface area contributed by atoms with Crippen LogP contribution in [0.1, 0.15) is 0 Å². The minimum atomic E-state index is 0.191. The number of halogens is 1. The summed E-state index contributed by atoms with van der Waals surface area (Å²) >= 11 is 4.82. The van der Waals surface area contributed by atoms with E-state index in [-0.39, 0.29) is 5.75 Å². The van der Waals surface area contributed by atoms with Gasteiger partial charge in [0.25, 0.3) is 0 Å². The van der Waals surface area contributed by atoms with Gasteiger partial charge in [0, 0.05) is 17.6 Å². The average Bonchev–Trinajstić information content (AvgIpc) is 2.57. The number of anilines is 1. The zero-order chi connectivity index (χ0) is 10.8. The van der Waals surface area contributed by atoms with Gasteiger partial charge in [0.05, 0.1) is 4.70 Å². The first-order valence-corrected chi connectivity index (χ1v) is 6.04. The van der Waals surface area contributed by atoms with Crippen molar-refractivity contribution >= 4 is 42.6 Å². The standard InChI is InChI=1S/C9H10BrN3OS/c10-5-3-6(14)8-7(4-5)15-9(13-8)12-2-1-11/h3-4,14H,1-2,11H2,(H,12,13). The first-order valence-electron chi connectivity index (χ1n) is 4.43. The molecule has 1 aromatic heterocycles. The van der Waals surface area contributed by atoms with Crippen LogP contribution < -0.4 is 11.1 Å². The van der Waals surface area contributed by atoms with Crippen molar-refractivity contribution in [1.29, 1.82) is 0 Å². The Bertz CT molecular complexity index is 485. The minimum absolute atomic E-state index is 0.191.